The topological polar surface area (TPSA) is 113 Å². The molecule has 0 atom stereocenters. The maximum Gasteiger partial charge on any atom is 0.323 e. The molecule has 138 valence electrons. The maximum atomic E-state index is 12.2. The first-order chi connectivity index (χ1) is 11.8. The molecule has 0 spiro atoms. The minimum absolute atomic E-state index is 0.0358. The van der Waals surface area contributed by atoms with Crippen molar-refractivity contribution in [2.24, 2.45) is 0 Å². The molecule has 1 fully saturated rings. The molecule has 0 aliphatic heterocycles. The Morgan fingerprint density at radius 3 is 2.44 bits per heavy atom. The van der Waals surface area contributed by atoms with Gasteiger partial charge in [0.25, 0.3) is 0 Å². The van der Waals surface area contributed by atoms with E-state index in [1.807, 2.05) is 6.92 Å². The molecule has 0 saturated heterocycles. The van der Waals surface area contributed by atoms with Crippen molar-refractivity contribution in [3.63, 3.8) is 0 Å². The van der Waals surface area contributed by atoms with Gasteiger partial charge in [-0.1, -0.05) is 0 Å². The normalized spacial score (nSPS) is 14.1. The lowest BCUT2D eigenvalue weighted by atomic mass is 10.3. The number of carboxylic acids is 1. The van der Waals surface area contributed by atoms with Crippen molar-refractivity contribution < 1.29 is 27.9 Å². The van der Waals surface area contributed by atoms with E-state index in [1.165, 1.54) is 17.0 Å². The Bertz CT molecular complexity index is 713. The van der Waals surface area contributed by atoms with Gasteiger partial charge in [-0.25, -0.2) is 13.1 Å². The van der Waals surface area contributed by atoms with Crippen LogP contribution in [0.25, 0.3) is 0 Å². The predicted molar refractivity (Wildman–Crippen MR) is 89.8 cm³/mol. The van der Waals surface area contributed by atoms with E-state index in [-0.39, 0.29) is 36.4 Å². The van der Waals surface area contributed by atoms with Crippen molar-refractivity contribution in [3.8, 4) is 5.75 Å². The van der Waals surface area contributed by atoms with Crippen LogP contribution in [0.1, 0.15) is 26.2 Å². The van der Waals surface area contributed by atoms with Gasteiger partial charge in [0, 0.05) is 19.0 Å². The minimum Gasteiger partial charge on any atom is -0.494 e. The third-order valence-electron chi connectivity index (χ3n) is 3.69. The van der Waals surface area contributed by atoms with Crippen LogP contribution < -0.4 is 9.46 Å². The molecule has 1 amide bonds. The van der Waals surface area contributed by atoms with Gasteiger partial charge in [-0.05, 0) is 44.0 Å². The fraction of sp³-hybridized carbons (Fsp3) is 0.500. The molecule has 25 heavy (non-hydrogen) atoms. The number of ether oxygens (including phenoxy) is 1. The number of rotatable bonds is 10. The number of amides is 1. The number of aliphatic carboxylic acids is 1. The largest absolute Gasteiger partial charge is 0.494 e. The van der Waals surface area contributed by atoms with Crippen molar-refractivity contribution in [2.45, 2.75) is 37.1 Å². The maximum absolute atomic E-state index is 12.2. The van der Waals surface area contributed by atoms with Crippen molar-refractivity contribution in [2.75, 3.05) is 19.7 Å². The van der Waals surface area contributed by atoms with Crippen LogP contribution in [0.5, 0.6) is 5.75 Å². The molecule has 0 radical (unpaired) electrons. The molecular formula is C16H22N2O6S. The summed E-state index contributed by atoms with van der Waals surface area (Å²) in [5.41, 5.74) is 0. The number of sulfonamides is 1. The molecule has 2 rings (SSSR count). The molecule has 9 heteroatoms. The van der Waals surface area contributed by atoms with E-state index in [0.29, 0.717) is 12.4 Å². The Morgan fingerprint density at radius 1 is 1.28 bits per heavy atom. The van der Waals surface area contributed by atoms with Crippen LogP contribution in [-0.2, 0) is 19.6 Å². The zero-order valence-electron chi connectivity index (χ0n) is 14.0. The first kappa shape index (κ1) is 19.2. The summed E-state index contributed by atoms with van der Waals surface area (Å²) < 4.78 is 32.0. The van der Waals surface area contributed by atoms with Crippen LogP contribution in [0.15, 0.2) is 29.2 Å². The van der Waals surface area contributed by atoms with Crippen LogP contribution in [-0.4, -0.2) is 56.0 Å². The van der Waals surface area contributed by atoms with E-state index in [4.69, 9.17) is 9.84 Å². The molecule has 0 unspecified atom stereocenters. The average Bonchev–Trinajstić information content (AvgIpc) is 3.38. The number of carboxylic acid groups (broad SMARTS) is 1. The van der Waals surface area contributed by atoms with Crippen LogP contribution in [0.4, 0.5) is 0 Å². The third-order valence-corrected chi connectivity index (χ3v) is 5.17. The van der Waals surface area contributed by atoms with Gasteiger partial charge in [0.2, 0.25) is 15.9 Å². The summed E-state index contributed by atoms with van der Waals surface area (Å²) in [7, 11) is -3.73. The van der Waals surface area contributed by atoms with Gasteiger partial charge in [0.1, 0.15) is 12.3 Å². The molecule has 8 nitrogen and oxygen atoms in total. The van der Waals surface area contributed by atoms with Gasteiger partial charge in [0.05, 0.1) is 11.5 Å². The number of hydrogen-bond donors (Lipinski definition) is 2. The van der Waals surface area contributed by atoms with Gasteiger partial charge < -0.3 is 14.7 Å². The molecule has 1 aromatic carbocycles. The quantitative estimate of drug-likeness (QED) is 0.631. The Hall–Kier alpha value is -2.13. The van der Waals surface area contributed by atoms with Crippen LogP contribution >= 0.6 is 0 Å². The lowest BCUT2D eigenvalue weighted by molar-refractivity contribution is -0.144. The Balaban J connectivity index is 1.88. The molecule has 0 heterocycles. The zero-order chi connectivity index (χ0) is 18.4. The Kier molecular flexibility index (Phi) is 6.38. The lowest BCUT2D eigenvalue weighted by Gasteiger charge is -2.20. The fourth-order valence-electron chi connectivity index (χ4n) is 2.35. The minimum atomic E-state index is -3.73. The number of nitrogens with zero attached hydrogens (tertiary/aromatic N) is 1. The van der Waals surface area contributed by atoms with Crippen molar-refractivity contribution in [1.82, 2.24) is 9.62 Å². The monoisotopic (exact) mass is 370 g/mol. The summed E-state index contributed by atoms with van der Waals surface area (Å²) >= 11 is 0. The molecule has 0 bridgehead atoms. The predicted octanol–water partition coefficient (Wildman–Crippen LogP) is 0.829. The van der Waals surface area contributed by atoms with Crippen molar-refractivity contribution in [3.05, 3.63) is 24.3 Å². The second kappa shape index (κ2) is 8.30. The summed E-state index contributed by atoms with van der Waals surface area (Å²) in [6.07, 6.45) is 1.49. The van der Waals surface area contributed by atoms with Gasteiger partial charge in [0.15, 0.2) is 0 Å². The zero-order valence-corrected chi connectivity index (χ0v) is 14.8. The first-order valence-corrected chi connectivity index (χ1v) is 9.55. The lowest BCUT2D eigenvalue weighted by Crippen LogP contribution is -2.39. The molecule has 0 aromatic heterocycles. The van der Waals surface area contributed by atoms with E-state index in [0.717, 1.165) is 12.8 Å². The van der Waals surface area contributed by atoms with Gasteiger partial charge in [-0.3, -0.25) is 9.59 Å². The summed E-state index contributed by atoms with van der Waals surface area (Å²) in [5, 5.41) is 8.86. The van der Waals surface area contributed by atoms with E-state index in [9.17, 15) is 18.0 Å². The smallest absolute Gasteiger partial charge is 0.323 e. The third kappa shape index (κ3) is 5.71. The summed E-state index contributed by atoms with van der Waals surface area (Å²) in [5.74, 6) is -0.861. The van der Waals surface area contributed by atoms with Crippen LogP contribution in [0.3, 0.4) is 0 Å². The Labute approximate surface area is 146 Å². The van der Waals surface area contributed by atoms with E-state index >= 15 is 0 Å². The molecule has 1 aliphatic carbocycles. The van der Waals surface area contributed by atoms with Crippen LogP contribution in [0.2, 0.25) is 0 Å². The average molecular weight is 370 g/mol. The second-order valence-corrected chi connectivity index (χ2v) is 7.47. The summed E-state index contributed by atoms with van der Waals surface area (Å²) in [6, 6.07) is 5.94. The summed E-state index contributed by atoms with van der Waals surface area (Å²) in [4.78, 5) is 24.3. The first-order valence-electron chi connectivity index (χ1n) is 8.07. The number of nitrogens with one attached hydrogen (secondary N) is 1. The highest BCUT2D eigenvalue weighted by Crippen LogP contribution is 2.27. The number of benzene rings is 1. The van der Waals surface area contributed by atoms with Crippen molar-refractivity contribution in [1.29, 1.82) is 0 Å². The van der Waals surface area contributed by atoms with Gasteiger partial charge in [-0.2, -0.15) is 0 Å². The van der Waals surface area contributed by atoms with Crippen molar-refractivity contribution >= 4 is 21.9 Å². The molecule has 1 saturated carbocycles. The van der Waals surface area contributed by atoms with Gasteiger partial charge >= 0.3 is 5.97 Å². The standard InChI is InChI=1S/C16H22N2O6S/c1-2-24-13-5-7-14(8-6-13)25(22,23)17-10-9-15(19)18(11-16(20)21)12-3-4-12/h5-8,12,17H,2-4,9-11H2,1H3,(H,20,21). The van der Waals surface area contributed by atoms with Gasteiger partial charge in [-0.15, -0.1) is 0 Å². The molecule has 1 aliphatic rings. The number of carbonyl (C=O) groups excluding carboxylic acids is 1. The Morgan fingerprint density at radius 2 is 1.92 bits per heavy atom. The highest BCUT2D eigenvalue weighted by molar-refractivity contribution is 7.89. The fourth-order valence-corrected chi connectivity index (χ4v) is 3.39. The number of hydrogen-bond acceptors (Lipinski definition) is 5. The van der Waals surface area contributed by atoms with E-state index in [1.54, 1.807) is 12.1 Å². The van der Waals surface area contributed by atoms with E-state index in [2.05, 4.69) is 4.72 Å². The summed E-state index contributed by atoms with van der Waals surface area (Å²) in [6.45, 7) is 1.88. The highest BCUT2D eigenvalue weighted by Gasteiger charge is 2.33. The molecule has 1 aromatic rings. The highest BCUT2D eigenvalue weighted by atomic mass is 32.2. The second-order valence-electron chi connectivity index (χ2n) is 5.70. The van der Waals surface area contributed by atoms with E-state index < -0.39 is 16.0 Å². The SMILES string of the molecule is CCOc1ccc(S(=O)(=O)NCCC(=O)N(CC(=O)O)C2CC2)cc1. The molecule has 2 N–H and O–H groups in total. The number of carbonyl (C=O) groups is 2. The molecular weight excluding hydrogens is 348 g/mol. The van der Waals surface area contributed by atoms with Crippen LogP contribution in [0, 0.1) is 0 Å².